The number of carbonyl (C=O) groups is 2. The summed E-state index contributed by atoms with van der Waals surface area (Å²) in [6.07, 6.45) is 5.23. The summed E-state index contributed by atoms with van der Waals surface area (Å²) < 4.78 is 4.95. The first-order valence-corrected chi connectivity index (χ1v) is 7.23. The fraction of sp³-hybridized carbons (Fsp3) is 0.647. The van der Waals surface area contributed by atoms with Crippen LogP contribution in [-0.4, -0.2) is 18.9 Å². The van der Waals surface area contributed by atoms with Gasteiger partial charge in [0.2, 0.25) is 0 Å². The largest absolute Gasteiger partial charge is 0.469 e. The lowest BCUT2D eigenvalue weighted by Gasteiger charge is -2.34. The number of hydrogen-bond acceptors (Lipinski definition) is 3. The van der Waals surface area contributed by atoms with Gasteiger partial charge in [-0.05, 0) is 38.5 Å². The molecule has 1 rings (SSSR count). The Hall–Kier alpha value is -1.38. The normalized spacial score (nSPS) is 27.1. The van der Waals surface area contributed by atoms with Gasteiger partial charge in [0.1, 0.15) is 5.78 Å². The van der Waals surface area contributed by atoms with Crippen molar-refractivity contribution in [1.82, 2.24) is 0 Å². The summed E-state index contributed by atoms with van der Waals surface area (Å²) in [6, 6.07) is 0. The molecule has 1 aliphatic carbocycles. The summed E-state index contributed by atoms with van der Waals surface area (Å²) in [5, 5.41) is 0. The Balaban J connectivity index is 3.03. The zero-order chi connectivity index (χ0) is 15.3. The quantitative estimate of drug-likeness (QED) is 0.527. The maximum atomic E-state index is 12.3. The highest BCUT2D eigenvalue weighted by molar-refractivity contribution is 5.88. The summed E-state index contributed by atoms with van der Waals surface area (Å²) in [6.45, 7) is 11.6. The van der Waals surface area contributed by atoms with E-state index in [2.05, 4.69) is 13.2 Å². The number of hydrogen-bond donors (Lipinski definition) is 0. The van der Waals surface area contributed by atoms with Gasteiger partial charge in [0.05, 0.1) is 13.0 Å². The lowest BCUT2D eigenvalue weighted by Crippen LogP contribution is -2.37. The van der Waals surface area contributed by atoms with Crippen molar-refractivity contribution < 1.29 is 14.3 Å². The smallest absolute Gasteiger partial charge is 0.308 e. The molecule has 112 valence electrons. The first kappa shape index (κ1) is 16.7. The van der Waals surface area contributed by atoms with Gasteiger partial charge in [0, 0.05) is 11.8 Å². The first-order valence-electron chi connectivity index (χ1n) is 7.23. The number of carbonyl (C=O) groups excluding carboxylic acids is 2. The van der Waals surface area contributed by atoms with E-state index in [0.717, 1.165) is 18.4 Å². The molecule has 20 heavy (non-hydrogen) atoms. The summed E-state index contributed by atoms with van der Waals surface area (Å²) in [4.78, 5) is 24.4. The standard InChI is InChI=1S/C17H26O3/c1-6-7-8-13(16(19)20-5)14-9-10-15(18)17(14,4)11-12(2)3/h6,13-14H,1-2,7-11H2,3-5H3/t13-,14?,17?/m0/s1. The minimum Gasteiger partial charge on any atom is -0.469 e. The second-order valence-corrected chi connectivity index (χ2v) is 6.12. The number of rotatable bonds is 7. The van der Waals surface area contributed by atoms with Crippen molar-refractivity contribution in [2.75, 3.05) is 7.11 Å². The van der Waals surface area contributed by atoms with E-state index in [9.17, 15) is 9.59 Å². The highest BCUT2D eigenvalue weighted by atomic mass is 16.5. The Bertz CT molecular complexity index is 410. The van der Waals surface area contributed by atoms with Gasteiger partial charge in [-0.15, -0.1) is 13.2 Å². The Morgan fingerprint density at radius 3 is 2.75 bits per heavy atom. The molecular formula is C17H26O3. The van der Waals surface area contributed by atoms with E-state index in [1.54, 1.807) is 0 Å². The van der Waals surface area contributed by atoms with E-state index in [4.69, 9.17) is 4.74 Å². The van der Waals surface area contributed by atoms with Crippen LogP contribution in [-0.2, 0) is 14.3 Å². The minimum absolute atomic E-state index is 0.0408. The summed E-state index contributed by atoms with van der Waals surface area (Å²) >= 11 is 0. The molecule has 0 radical (unpaired) electrons. The van der Waals surface area contributed by atoms with E-state index >= 15 is 0 Å². The lowest BCUT2D eigenvalue weighted by molar-refractivity contribution is -0.149. The molecule has 1 aliphatic rings. The van der Waals surface area contributed by atoms with E-state index in [1.165, 1.54) is 7.11 Å². The fourth-order valence-corrected chi connectivity index (χ4v) is 3.53. The molecule has 1 fully saturated rings. The Labute approximate surface area is 122 Å². The van der Waals surface area contributed by atoms with Crippen molar-refractivity contribution in [3.05, 3.63) is 24.8 Å². The highest BCUT2D eigenvalue weighted by Gasteiger charge is 2.50. The minimum atomic E-state index is -0.480. The van der Waals surface area contributed by atoms with Gasteiger partial charge < -0.3 is 4.74 Å². The SMILES string of the molecule is C=CCC[C@H](C(=O)OC)C1CCC(=O)C1(C)CC(=C)C. The van der Waals surface area contributed by atoms with Crippen LogP contribution in [0.5, 0.6) is 0 Å². The molecule has 3 nitrogen and oxygen atoms in total. The number of Topliss-reactive ketones (excluding diaryl/α,β-unsaturated/α-hetero) is 1. The van der Waals surface area contributed by atoms with Crippen molar-refractivity contribution in [2.24, 2.45) is 17.3 Å². The van der Waals surface area contributed by atoms with Gasteiger partial charge >= 0.3 is 5.97 Å². The van der Waals surface area contributed by atoms with Crippen molar-refractivity contribution >= 4 is 11.8 Å². The summed E-state index contributed by atoms with van der Waals surface area (Å²) in [5.74, 6) is -0.148. The monoisotopic (exact) mass is 278 g/mol. The lowest BCUT2D eigenvalue weighted by atomic mass is 9.68. The molecule has 0 aromatic carbocycles. The number of ketones is 1. The van der Waals surface area contributed by atoms with Crippen molar-refractivity contribution in [3.8, 4) is 0 Å². The molecule has 0 saturated heterocycles. The van der Waals surface area contributed by atoms with Crippen LogP contribution in [0.4, 0.5) is 0 Å². The van der Waals surface area contributed by atoms with Crippen LogP contribution in [0.1, 0.15) is 46.0 Å². The average molecular weight is 278 g/mol. The molecule has 2 unspecified atom stereocenters. The zero-order valence-electron chi connectivity index (χ0n) is 12.9. The molecular weight excluding hydrogens is 252 g/mol. The molecule has 0 bridgehead atoms. The van der Waals surface area contributed by atoms with Gasteiger partial charge in [0.25, 0.3) is 0 Å². The van der Waals surface area contributed by atoms with Crippen LogP contribution >= 0.6 is 0 Å². The van der Waals surface area contributed by atoms with Gasteiger partial charge in [-0.3, -0.25) is 9.59 Å². The van der Waals surface area contributed by atoms with Crippen LogP contribution in [0.15, 0.2) is 24.8 Å². The molecule has 1 saturated carbocycles. The molecule has 0 aliphatic heterocycles. The summed E-state index contributed by atoms with van der Waals surface area (Å²) in [5.41, 5.74) is 0.506. The van der Waals surface area contributed by atoms with E-state index < -0.39 is 5.41 Å². The van der Waals surface area contributed by atoms with Crippen molar-refractivity contribution in [2.45, 2.75) is 46.0 Å². The second-order valence-electron chi connectivity index (χ2n) is 6.12. The molecule has 0 N–H and O–H groups in total. The van der Waals surface area contributed by atoms with Crippen LogP contribution < -0.4 is 0 Å². The van der Waals surface area contributed by atoms with Gasteiger partial charge in [-0.25, -0.2) is 0 Å². The van der Waals surface area contributed by atoms with Gasteiger partial charge in [-0.1, -0.05) is 18.6 Å². The molecule has 3 atom stereocenters. The van der Waals surface area contributed by atoms with Crippen molar-refractivity contribution in [3.63, 3.8) is 0 Å². The number of methoxy groups -OCH3 is 1. The van der Waals surface area contributed by atoms with Crippen LogP contribution in [0, 0.1) is 17.3 Å². The second kappa shape index (κ2) is 6.87. The topological polar surface area (TPSA) is 43.4 Å². The third-order valence-electron chi connectivity index (χ3n) is 4.48. The van der Waals surface area contributed by atoms with Crippen LogP contribution in [0.3, 0.4) is 0 Å². The Morgan fingerprint density at radius 1 is 1.60 bits per heavy atom. The molecule has 0 aromatic heterocycles. The van der Waals surface area contributed by atoms with Gasteiger partial charge in [-0.2, -0.15) is 0 Å². The molecule has 0 spiro atoms. The zero-order valence-corrected chi connectivity index (χ0v) is 12.9. The highest BCUT2D eigenvalue weighted by Crippen LogP contribution is 2.49. The maximum absolute atomic E-state index is 12.3. The molecule has 0 heterocycles. The first-order chi connectivity index (χ1) is 9.36. The molecule has 3 heteroatoms. The molecule has 0 amide bonds. The van der Waals surface area contributed by atoms with Gasteiger partial charge in [0.15, 0.2) is 0 Å². The van der Waals surface area contributed by atoms with E-state index in [1.807, 2.05) is 19.9 Å². The predicted octanol–water partition coefficient (Wildman–Crippen LogP) is 3.69. The molecule has 0 aromatic rings. The van der Waals surface area contributed by atoms with Crippen LogP contribution in [0.2, 0.25) is 0 Å². The predicted molar refractivity (Wildman–Crippen MR) is 80.2 cm³/mol. The summed E-state index contributed by atoms with van der Waals surface area (Å²) in [7, 11) is 1.41. The van der Waals surface area contributed by atoms with E-state index in [-0.39, 0.29) is 23.6 Å². The average Bonchev–Trinajstić information content (AvgIpc) is 2.66. The fourth-order valence-electron chi connectivity index (χ4n) is 3.53. The number of ether oxygens (including phenoxy) is 1. The number of allylic oxidation sites excluding steroid dienone is 2. The third-order valence-corrected chi connectivity index (χ3v) is 4.48. The van der Waals surface area contributed by atoms with E-state index in [0.29, 0.717) is 19.3 Å². The Kier molecular flexibility index (Phi) is 5.73. The number of esters is 1. The van der Waals surface area contributed by atoms with Crippen LogP contribution in [0.25, 0.3) is 0 Å². The van der Waals surface area contributed by atoms with Crippen molar-refractivity contribution in [1.29, 1.82) is 0 Å². The maximum Gasteiger partial charge on any atom is 0.308 e. The third kappa shape index (κ3) is 3.38. The Morgan fingerprint density at radius 2 is 2.25 bits per heavy atom.